The van der Waals surface area contributed by atoms with Gasteiger partial charge in [-0.25, -0.2) is 0 Å². The molecule has 1 nitrogen and oxygen atoms in total. The Morgan fingerprint density at radius 1 is 1.33 bits per heavy atom. The van der Waals surface area contributed by atoms with Crippen molar-refractivity contribution in [2.75, 3.05) is 0 Å². The van der Waals surface area contributed by atoms with Crippen LogP contribution in [0.15, 0.2) is 12.2 Å². The lowest BCUT2D eigenvalue weighted by Gasteiger charge is -2.06. The molecule has 9 heavy (non-hydrogen) atoms. The summed E-state index contributed by atoms with van der Waals surface area (Å²) in [7, 11) is 0. The van der Waals surface area contributed by atoms with Crippen molar-refractivity contribution in [1.29, 1.82) is 5.26 Å². The zero-order valence-electron chi connectivity index (χ0n) is 5.25. The molecule has 2 aliphatic carbocycles. The first kappa shape index (κ1) is 5.05. The number of nitriles is 1. The Kier molecular flexibility index (Phi) is 0.900. The summed E-state index contributed by atoms with van der Waals surface area (Å²) in [6.07, 6.45) is 6.84. The maximum Gasteiger partial charge on any atom is 0.0662 e. The van der Waals surface area contributed by atoms with Crippen LogP contribution in [-0.2, 0) is 0 Å². The predicted molar refractivity (Wildman–Crippen MR) is 34.5 cm³/mol. The first-order chi connectivity index (χ1) is 4.40. The molecule has 0 aromatic rings. The van der Waals surface area contributed by atoms with E-state index in [1.165, 1.54) is 6.42 Å². The van der Waals surface area contributed by atoms with E-state index in [0.29, 0.717) is 11.8 Å². The average molecular weight is 119 g/mol. The molecule has 2 unspecified atom stereocenters. The number of allylic oxidation sites excluding steroid dienone is 2. The van der Waals surface area contributed by atoms with Crippen molar-refractivity contribution in [1.82, 2.24) is 0 Å². The normalized spacial score (nSPS) is 45.4. The number of hydrogen-bond donors (Lipinski definition) is 0. The van der Waals surface area contributed by atoms with Crippen molar-refractivity contribution in [2.24, 2.45) is 17.8 Å². The first-order valence-electron chi connectivity index (χ1n) is 3.48. The number of rotatable bonds is 0. The molecule has 46 valence electrons. The Hall–Kier alpha value is -0.770. The Morgan fingerprint density at radius 2 is 2.22 bits per heavy atom. The molecular formula is C8H9N. The SMILES string of the molecule is N#C[C@@H]1CC2C=CC1C2. The van der Waals surface area contributed by atoms with Crippen LogP contribution < -0.4 is 0 Å². The van der Waals surface area contributed by atoms with Crippen LogP contribution in [0.25, 0.3) is 0 Å². The van der Waals surface area contributed by atoms with Gasteiger partial charge in [0, 0.05) is 0 Å². The molecule has 0 heterocycles. The number of fused-ring (bicyclic) bond motifs is 2. The van der Waals surface area contributed by atoms with E-state index in [2.05, 4.69) is 18.2 Å². The summed E-state index contributed by atoms with van der Waals surface area (Å²) in [5.41, 5.74) is 0. The number of hydrogen-bond acceptors (Lipinski definition) is 1. The predicted octanol–water partition coefficient (Wildman–Crippen LogP) is 1.72. The monoisotopic (exact) mass is 119 g/mol. The van der Waals surface area contributed by atoms with Crippen molar-refractivity contribution in [3.05, 3.63) is 12.2 Å². The highest BCUT2D eigenvalue weighted by Crippen LogP contribution is 2.42. The fourth-order valence-electron chi connectivity index (χ4n) is 1.93. The van der Waals surface area contributed by atoms with Crippen molar-refractivity contribution in [2.45, 2.75) is 12.8 Å². The molecule has 3 atom stereocenters. The van der Waals surface area contributed by atoms with E-state index in [1.54, 1.807) is 0 Å². The van der Waals surface area contributed by atoms with Gasteiger partial charge < -0.3 is 0 Å². The van der Waals surface area contributed by atoms with Crippen LogP contribution in [0.3, 0.4) is 0 Å². The highest BCUT2D eigenvalue weighted by atomic mass is 14.4. The fourth-order valence-corrected chi connectivity index (χ4v) is 1.93. The Labute approximate surface area is 55.0 Å². The molecule has 0 radical (unpaired) electrons. The molecule has 0 saturated heterocycles. The summed E-state index contributed by atoms with van der Waals surface area (Å²) in [4.78, 5) is 0. The van der Waals surface area contributed by atoms with Crippen LogP contribution in [0.1, 0.15) is 12.8 Å². The molecule has 0 amide bonds. The Balaban J connectivity index is 2.22. The van der Waals surface area contributed by atoms with Crippen molar-refractivity contribution >= 4 is 0 Å². The van der Waals surface area contributed by atoms with Crippen LogP contribution in [0, 0.1) is 29.1 Å². The van der Waals surface area contributed by atoms with Crippen molar-refractivity contribution < 1.29 is 0 Å². The Bertz CT molecular complexity index is 187. The smallest absolute Gasteiger partial charge is 0.0662 e. The van der Waals surface area contributed by atoms with Crippen LogP contribution in [0.4, 0.5) is 0 Å². The maximum atomic E-state index is 8.60. The van der Waals surface area contributed by atoms with Gasteiger partial charge in [-0.2, -0.15) is 5.26 Å². The summed E-state index contributed by atoms with van der Waals surface area (Å²) in [5, 5.41) is 8.60. The lowest BCUT2D eigenvalue weighted by molar-refractivity contribution is 0.563. The molecular weight excluding hydrogens is 110 g/mol. The minimum atomic E-state index is 0.347. The first-order valence-corrected chi connectivity index (χ1v) is 3.48. The van der Waals surface area contributed by atoms with Crippen LogP contribution in [-0.4, -0.2) is 0 Å². The van der Waals surface area contributed by atoms with Gasteiger partial charge in [0.05, 0.1) is 12.0 Å². The van der Waals surface area contributed by atoms with Crippen molar-refractivity contribution in [3.63, 3.8) is 0 Å². The third-order valence-corrected chi connectivity index (χ3v) is 2.44. The molecule has 2 aliphatic rings. The molecule has 0 aromatic heterocycles. The minimum Gasteiger partial charge on any atom is -0.198 e. The van der Waals surface area contributed by atoms with E-state index < -0.39 is 0 Å². The average Bonchev–Trinajstić information content (AvgIpc) is 2.45. The molecule has 2 rings (SSSR count). The van der Waals surface area contributed by atoms with Gasteiger partial charge in [-0.1, -0.05) is 12.2 Å². The highest BCUT2D eigenvalue weighted by molar-refractivity contribution is 5.14. The van der Waals surface area contributed by atoms with E-state index in [4.69, 9.17) is 5.26 Å². The van der Waals surface area contributed by atoms with E-state index in [0.717, 1.165) is 12.3 Å². The third kappa shape index (κ3) is 0.595. The molecule has 1 heteroatoms. The topological polar surface area (TPSA) is 23.8 Å². The standard InChI is InChI=1S/C8H9N/c9-5-8-4-6-1-2-7(8)3-6/h1-2,6-8H,3-4H2/t6?,7?,8-/m0/s1. The minimum absolute atomic E-state index is 0.347. The lowest BCUT2D eigenvalue weighted by atomic mass is 9.95. The van der Waals surface area contributed by atoms with Gasteiger partial charge in [0.15, 0.2) is 0 Å². The summed E-state index contributed by atoms with van der Waals surface area (Å²) < 4.78 is 0. The fraction of sp³-hybridized carbons (Fsp3) is 0.625. The van der Waals surface area contributed by atoms with E-state index in [9.17, 15) is 0 Å². The van der Waals surface area contributed by atoms with Crippen LogP contribution in [0.2, 0.25) is 0 Å². The summed E-state index contributed by atoms with van der Waals surface area (Å²) >= 11 is 0. The van der Waals surface area contributed by atoms with Crippen LogP contribution in [0.5, 0.6) is 0 Å². The Morgan fingerprint density at radius 3 is 2.56 bits per heavy atom. The largest absolute Gasteiger partial charge is 0.198 e. The molecule has 1 fully saturated rings. The highest BCUT2D eigenvalue weighted by Gasteiger charge is 2.35. The van der Waals surface area contributed by atoms with Gasteiger partial charge in [0.2, 0.25) is 0 Å². The second-order valence-electron chi connectivity index (χ2n) is 3.02. The zero-order chi connectivity index (χ0) is 6.27. The maximum absolute atomic E-state index is 8.60. The molecule has 0 aliphatic heterocycles. The van der Waals surface area contributed by atoms with Gasteiger partial charge in [0.1, 0.15) is 0 Å². The summed E-state index contributed by atoms with van der Waals surface area (Å²) in [5.74, 6) is 1.71. The summed E-state index contributed by atoms with van der Waals surface area (Å²) in [6.45, 7) is 0. The molecule has 0 aromatic carbocycles. The quantitative estimate of drug-likeness (QED) is 0.445. The number of nitrogens with zero attached hydrogens (tertiary/aromatic N) is 1. The van der Waals surface area contributed by atoms with Crippen molar-refractivity contribution in [3.8, 4) is 6.07 Å². The van der Waals surface area contributed by atoms with Crippen LogP contribution >= 0.6 is 0 Å². The molecule has 0 spiro atoms. The van der Waals surface area contributed by atoms with Gasteiger partial charge >= 0.3 is 0 Å². The summed E-state index contributed by atoms with van der Waals surface area (Å²) in [6, 6.07) is 2.34. The van der Waals surface area contributed by atoms with E-state index in [-0.39, 0.29) is 0 Å². The van der Waals surface area contributed by atoms with Gasteiger partial charge in [-0.05, 0) is 24.7 Å². The lowest BCUT2D eigenvalue weighted by Crippen LogP contribution is -2.02. The third-order valence-electron chi connectivity index (χ3n) is 2.44. The van der Waals surface area contributed by atoms with Gasteiger partial charge in [-0.15, -0.1) is 0 Å². The van der Waals surface area contributed by atoms with Gasteiger partial charge in [-0.3, -0.25) is 0 Å². The second kappa shape index (κ2) is 1.60. The molecule has 2 bridgehead atoms. The zero-order valence-corrected chi connectivity index (χ0v) is 5.25. The van der Waals surface area contributed by atoms with E-state index >= 15 is 0 Å². The second-order valence-corrected chi connectivity index (χ2v) is 3.02. The molecule has 0 N–H and O–H groups in total. The molecule has 1 saturated carbocycles. The van der Waals surface area contributed by atoms with E-state index in [1.807, 2.05) is 0 Å². The van der Waals surface area contributed by atoms with Gasteiger partial charge in [0.25, 0.3) is 0 Å².